The van der Waals surface area contributed by atoms with Crippen molar-refractivity contribution in [3.63, 3.8) is 0 Å². The SMILES string of the molecule is COc1cc2occ(-c3ccc(O[C@@H]4OC(CO)[C@H](O)C(O)C4O)cc3)c(=O)c2c(O)c1OC. The fraction of sp³-hybridized carbons (Fsp3) is 0.348. The largest absolute Gasteiger partial charge is 0.504 e. The predicted molar refractivity (Wildman–Crippen MR) is 117 cm³/mol. The van der Waals surface area contributed by atoms with Crippen LogP contribution in [0.5, 0.6) is 23.0 Å². The van der Waals surface area contributed by atoms with Gasteiger partial charge in [0.1, 0.15) is 47.4 Å². The van der Waals surface area contributed by atoms with Crippen molar-refractivity contribution in [2.75, 3.05) is 20.8 Å². The fourth-order valence-corrected chi connectivity index (χ4v) is 3.79. The van der Waals surface area contributed by atoms with Crippen molar-refractivity contribution in [3.8, 4) is 34.1 Å². The lowest BCUT2D eigenvalue weighted by Crippen LogP contribution is -2.60. The summed E-state index contributed by atoms with van der Waals surface area (Å²) >= 11 is 0. The van der Waals surface area contributed by atoms with E-state index < -0.39 is 48.5 Å². The highest BCUT2D eigenvalue weighted by Gasteiger charge is 2.44. The van der Waals surface area contributed by atoms with Crippen molar-refractivity contribution >= 4 is 11.0 Å². The van der Waals surface area contributed by atoms with E-state index in [2.05, 4.69) is 0 Å². The van der Waals surface area contributed by atoms with E-state index >= 15 is 0 Å². The van der Waals surface area contributed by atoms with Crippen molar-refractivity contribution in [2.24, 2.45) is 0 Å². The van der Waals surface area contributed by atoms with Gasteiger partial charge in [0.05, 0.1) is 26.4 Å². The number of rotatable bonds is 6. The summed E-state index contributed by atoms with van der Waals surface area (Å²) in [6.45, 7) is -0.578. The number of phenolic OH excluding ortho intramolecular Hbond substituents is 1. The molecule has 0 spiro atoms. The molecule has 2 heterocycles. The first-order valence-electron chi connectivity index (χ1n) is 10.3. The van der Waals surface area contributed by atoms with E-state index in [0.29, 0.717) is 5.56 Å². The average molecular weight is 476 g/mol. The van der Waals surface area contributed by atoms with E-state index in [1.54, 1.807) is 12.1 Å². The number of methoxy groups -OCH3 is 2. The van der Waals surface area contributed by atoms with Gasteiger partial charge in [-0.15, -0.1) is 0 Å². The highest BCUT2D eigenvalue weighted by molar-refractivity contribution is 5.91. The first-order chi connectivity index (χ1) is 16.3. The molecule has 1 saturated heterocycles. The van der Waals surface area contributed by atoms with Crippen LogP contribution in [0.2, 0.25) is 0 Å². The summed E-state index contributed by atoms with van der Waals surface area (Å²) in [6, 6.07) is 7.53. The third kappa shape index (κ3) is 4.04. The monoisotopic (exact) mass is 476 g/mol. The Morgan fingerprint density at radius 3 is 2.32 bits per heavy atom. The molecule has 3 unspecified atom stereocenters. The highest BCUT2D eigenvalue weighted by atomic mass is 16.7. The Morgan fingerprint density at radius 1 is 1.00 bits per heavy atom. The maximum Gasteiger partial charge on any atom is 0.229 e. The van der Waals surface area contributed by atoms with E-state index in [1.807, 2.05) is 0 Å². The minimum atomic E-state index is -1.57. The highest BCUT2D eigenvalue weighted by Crippen LogP contribution is 2.41. The molecule has 1 aliphatic heterocycles. The number of aliphatic hydroxyl groups is 4. The fourth-order valence-electron chi connectivity index (χ4n) is 3.79. The Morgan fingerprint density at radius 2 is 1.71 bits per heavy atom. The predicted octanol–water partition coefficient (Wildman–Crippen LogP) is 0.361. The molecule has 0 bridgehead atoms. The summed E-state index contributed by atoms with van der Waals surface area (Å²) in [6.07, 6.45) is -5.81. The van der Waals surface area contributed by atoms with Gasteiger partial charge < -0.3 is 48.9 Å². The molecule has 3 aromatic rings. The number of ether oxygens (including phenoxy) is 4. The normalized spacial score (nSPS) is 24.7. The third-order valence-corrected chi connectivity index (χ3v) is 5.65. The smallest absolute Gasteiger partial charge is 0.229 e. The van der Waals surface area contributed by atoms with Crippen molar-refractivity contribution in [1.82, 2.24) is 0 Å². The first-order valence-corrected chi connectivity index (χ1v) is 10.3. The van der Waals surface area contributed by atoms with E-state index in [-0.39, 0.29) is 33.8 Å². The number of phenols is 1. The summed E-state index contributed by atoms with van der Waals surface area (Å²) in [5, 5.41) is 49.7. The molecule has 5 N–H and O–H groups in total. The number of benzene rings is 2. The zero-order chi connectivity index (χ0) is 24.6. The van der Waals surface area contributed by atoms with Crippen molar-refractivity contribution < 1.29 is 48.9 Å². The molecule has 182 valence electrons. The summed E-state index contributed by atoms with van der Waals surface area (Å²) in [4.78, 5) is 13.1. The Kier molecular flexibility index (Phi) is 6.64. The van der Waals surface area contributed by atoms with Crippen LogP contribution in [-0.4, -0.2) is 77.1 Å². The molecule has 0 saturated carbocycles. The molecule has 1 fully saturated rings. The van der Waals surface area contributed by atoms with Gasteiger partial charge in [-0.05, 0) is 17.7 Å². The lowest BCUT2D eigenvalue weighted by molar-refractivity contribution is -0.277. The summed E-state index contributed by atoms with van der Waals surface area (Å²) in [5.74, 6) is 0.0309. The molecule has 0 aliphatic carbocycles. The minimum absolute atomic E-state index is 0.00252. The number of aliphatic hydroxyl groups excluding tert-OH is 4. The van der Waals surface area contributed by atoms with Crippen molar-refractivity contribution in [3.05, 3.63) is 46.8 Å². The molecule has 0 radical (unpaired) electrons. The van der Waals surface area contributed by atoms with Crippen molar-refractivity contribution in [2.45, 2.75) is 30.7 Å². The van der Waals surface area contributed by atoms with E-state index in [1.165, 1.54) is 38.7 Å². The number of aromatic hydroxyl groups is 1. The van der Waals surface area contributed by atoms with Crippen LogP contribution < -0.4 is 19.6 Å². The Balaban J connectivity index is 1.63. The van der Waals surface area contributed by atoms with Crippen molar-refractivity contribution in [1.29, 1.82) is 0 Å². The summed E-state index contributed by atoms with van der Waals surface area (Å²) < 4.78 is 26.7. The number of hydrogen-bond acceptors (Lipinski definition) is 11. The lowest BCUT2D eigenvalue weighted by atomic mass is 9.99. The molecule has 4 rings (SSSR count). The van der Waals surface area contributed by atoms with Crippen LogP contribution in [-0.2, 0) is 4.74 Å². The Labute approximate surface area is 192 Å². The molecule has 1 aliphatic rings. The van der Waals surface area contributed by atoms with Gasteiger partial charge >= 0.3 is 0 Å². The van der Waals surface area contributed by atoms with Gasteiger partial charge in [0.15, 0.2) is 11.5 Å². The molecular weight excluding hydrogens is 452 g/mol. The minimum Gasteiger partial charge on any atom is -0.504 e. The third-order valence-electron chi connectivity index (χ3n) is 5.65. The van der Waals surface area contributed by atoms with E-state index in [4.69, 9.17) is 23.4 Å². The molecule has 0 amide bonds. The molecular formula is C23H24O11. The Bertz CT molecular complexity index is 1220. The Hall–Kier alpha value is -3.35. The van der Waals surface area contributed by atoms with Crippen LogP contribution in [0.25, 0.3) is 22.1 Å². The van der Waals surface area contributed by atoms with E-state index in [9.17, 15) is 30.3 Å². The van der Waals surface area contributed by atoms with Crippen LogP contribution in [0.15, 0.2) is 45.8 Å². The first kappa shape index (κ1) is 23.8. The lowest BCUT2D eigenvalue weighted by Gasteiger charge is -2.39. The van der Waals surface area contributed by atoms with Gasteiger partial charge in [0.2, 0.25) is 17.5 Å². The maximum atomic E-state index is 13.1. The van der Waals surface area contributed by atoms with Crippen LogP contribution in [0.1, 0.15) is 0 Å². The summed E-state index contributed by atoms with van der Waals surface area (Å²) in [5.41, 5.74) is 0.231. The van der Waals surface area contributed by atoms with E-state index in [0.717, 1.165) is 0 Å². The van der Waals surface area contributed by atoms with Gasteiger partial charge in [-0.1, -0.05) is 12.1 Å². The van der Waals surface area contributed by atoms with Crippen LogP contribution in [0, 0.1) is 0 Å². The maximum absolute atomic E-state index is 13.1. The van der Waals surface area contributed by atoms with Gasteiger partial charge in [0, 0.05) is 6.07 Å². The second-order valence-corrected chi connectivity index (χ2v) is 7.65. The zero-order valence-corrected chi connectivity index (χ0v) is 18.2. The van der Waals surface area contributed by atoms with Crippen LogP contribution in [0.3, 0.4) is 0 Å². The second kappa shape index (κ2) is 9.49. The zero-order valence-electron chi connectivity index (χ0n) is 18.2. The number of hydrogen-bond donors (Lipinski definition) is 5. The quantitative estimate of drug-likeness (QED) is 0.333. The standard InChI is InChI=1S/C23H24O11/c1-30-14-7-13-16(19(27)22(14)31-2)17(25)12(9-32-13)10-3-5-11(6-4-10)33-23-21(29)20(28)18(26)15(8-24)34-23/h3-7,9,15,18,20-21,23-24,26-29H,8H2,1-2H3/t15?,18-,20?,21?,23+/m0/s1. The van der Waals surface area contributed by atoms with Gasteiger partial charge in [-0.2, -0.15) is 0 Å². The molecule has 11 heteroatoms. The molecule has 2 aromatic carbocycles. The van der Waals surface area contributed by atoms with Crippen LogP contribution >= 0.6 is 0 Å². The second-order valence-electron chi connectivity index (χ2n) is 7.65. The molecule has 34 heavy (non-hydrogen) atoms. The number of fused-ring (bicyclic) bond motifs is 1. The molecule has 11 nitrogen and oxygen atoms in total. The topological polar surface area (TPSA) is 168 Å². The summed E-state index contributed by atoms with van der Waals surface area (Å²) in [7, 11) is 2.73. The van der Waals surface area contributed by atoms with Gasteiger partial charge in [-0.25, -0.2) is 0 Å². The van der Waals surface area contributed by atoms with Gasteiger partial charge in [-0.3, -0.25) is 4.79 Å². The molecule has 1 aromatic heterocycles. The molecule has 5 atom stereocenters. The van der Waals surface area contributed by atoms with Gasteiger partial charge in [0.25, 0.3) is 0 Å². The average Bonchev–Trinajstić information content (AvgIpc) is 2.84. The van der Waals surface area contributed by atoms with Crippen LogP contribution in [0.4, 0.5) is 0 Å².